The van der Waals surface area contributed by atoms with Crippen molar-refractivity contribution in [3.63, 3.8) is 0 Å². The lowest BCUT2D eigenvalue weighted by atomic mass is 9.95. The zero-order valence-electron chi connectivity index (χ0n) is 10.3. The van der Waals surface area contributed by atoms with Gasteiger partial charge in [-0.15, -0.1) is 11.6 Å². The van der Waals surface area contributed by atoms with E-state index >= 15 is 0 Å². The number of hydrogen-bond acceptors (Lipinski definition) is 2. The number of nitrogens with one attached hydrogen (secondary N) is 1. The van der Waals surface area contributed by atoms with Crippen molar-refractivity contribution in [2.45, 2.75) is 43.6 Å². The Bertz CT molecular complexity index is 481. The van der Waals surface area contributed by atoms with Crippen LogP contribution in [0.15, 0.2) is 30.6 Å². The molecule has 0 saturated heterocycles. The van der Waals surface area contributed by atoms with Crippen LogP contribution in [0.4, 0.5) is 0 Å². The molecule has 1 aliphatic rings. The first-order valence-electron chi connectivity index (χ1n) is 6.61. The van der Waals surface area contributed by atoms with Gasteiger partial charge in [-0.1, -0.05) is 6.07 Å². The number of hydrogen-bond donors (Lipinski definition) is 1. The van der Waals surface area contributed by atoms with Gasteiger partial charge in [0.2, 0.25) is 0 Å². The fourth-order valence-corrected chi connectivity index (χ4v) is 2.83. The van der Waals surface area contributed by atoms with Crippen molar-refractivity contribution < 1.29 is 0 Å². The van der Waals surface area contributed by atoms with E-state index in [0.717, 1.165) is 30.7 Å². The highest BCUT2D eigenvalue weighted by Gasteiger charge is 2.18. The van der Waals surface area contributed by atoms with Gasteiger partial charge >= 0.3 is 0 Å². The van der Waals surface area contributed by atoms with Crippen molar-refractivity contribution in [2.24, 2.45) is 0 Å². The summed E-state index contributed by atoms with van der Waals surface area (Å²) in [6.07, 6.45) is 8.75. The van der Waals surface area contributed by atoms with E-state index in [1.807, 2.05) is 24.4 Å². The Morgan fingerprint density at radius 3 is 2.89 bits per heavy atom. The minimum atomic E-state index is 0.387. The van der Waals surface area contributed by atoms with Crippen LogP contribution in [-0.4, -0.2) is 20.8 Å². The molecule has 1 saturated carbocycles. The van der Waals surface area contributed by atoms with Crippen molar-refractivity contribution in [1.29, 1.82) is 0 Å². The molecule has 2 aromatic heterocycles. The third-order valence-electron chi connectivity index (χ3n) is 3.64. The summed E-state index contributed by atoms with van der Waals surface area (Å²) in [6.45, 7) is 0.847. The molecule has 0 unspecified atom stereocenters. The topological polar surface area (TPSA) is 29.3 Å². The summed E-state index contributed by atoms with van der Waals surface area (Å²) in [7, 11) is 0. The van der Waals surface area contributed by atoms with Gasteiger partial charge < -0.3 is 9.72 Å². The van der Waals surface area contributed by atoms with E-state index in [4.69, 9.17) is 11.6 Å². The maximum absolute atomic E-state index is 6.11. The van der Waals surface area contributed by atoms with E-state index in [1.54, 1.807) is 0 Å². The standard InChI is InChI=1S/C14H18ClN3/c15-11-4-6-12(7-5-11)16-9-13-10-18-8-2-1-3-14(18)17-13/h1-3,8,10-12,16H,4-7,9H2. The highest BCUT2D eigenvalue weighted by atomic mass is 35.5. The zero-order valence-corrected chi connectivity index (χ0v) is 11.1. The number of alkyl halides is 1. The molecular weight excluding hydrogens is 246 g/mol. The minimum absolute atomic E-state index is 0.387. The summed E-state index contributed by atoms with van der Waals surface area (Å²) in [4.78, 5) is 4.59. The van der Waals surface area contributed by atoms with Gasteiger partial charge in [-0.25, -0.2) is 4.98 Å². The molecule has 0 radical (unpaired) electrons. The van der Waals surface area contributed by atoms with Crippen LogP contribution in [0.2, 0.25) is 0 Å². The molecule has 0 atom stereocenters. The van der Waals surface area contributed by atoms with Crippen LogP contribution < -0.4 is 5.32 Å². The Hall–Kier alpha value is -1.06. The second-order valence-electron chi connectivity index (χ2n) is 5.03. The van der Waals surface area contributed by atoms with Gasteiger partial charge in [-0.05, 0) is 37.8 Å². The summed E-state index contributed by atoms with van der Waals surface area (Å²) in [5.74, 6) is 0. The second kappa shape index (κ2) is 5.29. The van der Waals surface area contributed by atoms with E-state index in [0.29, 0.717) is 11.4 Å². The van der Waals surface area contributed by atoms with Gasteiger partial charge in [0.25, 0.3) is 0 Å². The summed E-state index contributed by atoms with van der Waals surface area (Å²) >= 11 is 6.11. The predicted octanol–water partition coefficient (Wildman–Crippen LogP) is 2.97. The van der Waals surface area contributed by atoms with Gasteiger partial charge in [0.1, 0.15) is 5.65 Å². The molecule has 18 heavy (non-hydrogen) atoms. The van der Waals surface area contributed by atoms with Crippen molar-refractivity contribution >= 4 is 17.2 Å². The monoisotopic (exact) mass is 263 g/mol. The van der Waals surface area contributed by atoms with E-state index < -0.39 is 0 Å². The van der Waals surface area contributed by atoms with Gasteiger partial charge in [-0.2, -0.15) is 0 Å². The molecule has 0 aromatic carbocycles. The molecule has 2 aromatic rings. The Morgan fingerprint density at radius 1 is 1.28 bits per heavy atom. The van der Waals surface area contributed by atoms with Gasteiger partial charge in [0.15, 0.2) is 0 Å². The normalized spacial score (nSPS) is 24.5. The molecule has 1 N–H and O–H groups in total. The predicted molar refractivity (Wildman–Crippen MR) is 73.9 cm³/mol. The fourth-order valence-electron chi connectivity index (χ4n) is 2.58. The smallest absolute Gasteiger partial charge is 0.137 e. The number of aromatic nitrogens is 2. The summed E-state index contributed by atoms with van der Waals surface area (Å²) in [6, 6.07) is 6.67. The first-order valence-corrected chi connectivity index (χ1v) is 7.05. The first-order chi connectivity index (χ1) is 8.81. The van der Waals surface area contributed by atoms with E-state index in [-0.39, 0.29) is 0 Å². The van der Waals surface area contributed by atoms with Crippen LogP contribution in [0.25, 0.3) is 5.65 Å². The lowest BCUT2D eigenvalue weighted by molar-refractivity contribution is 0.375. The summed E-state index contributed by atoms with van der Waals surface area (Å²) in [5, 5.41) is 3.97. The average Bonchev–Trinajstić information content (AvgIpc) is 2.81. The van der Waals surface area contributed by atoms with Gasteiger partial charge in [0.05, 0.1) is 5.69 Å². The number of pyridine rings is 1. The van der Waals surface area contributed by atoms with Gasteiger partial charge in [0, 0.05) is 30.4 Å². The Kier molecular flexibility index (Phi) is 3.52. The molecule has 3 nitrogen and oxygen atoms in total. The van der Waals surface area contributed by atoms with Crippen LogP contribution >= 0.6 is 11.6 Å². The van der Waals surface area contributed by atoms with Crippen molar-refractivity contribution in [3.05, 3.63) is 36.3 Å². The molecule has 0 aliphatic heterocycles. The quantitative estimate of drug-likeness (QED) is 0.863. The lowest BCUT2D eigenvalue weighted by Crippen LogP contribution is -2.33. The fraction of sp³-hybridized carbons (Fsp3) is 0.500. The van der Waals surface area contributed by atoms with Crippen molar-refractivity contribution in [3.8, 4) is 0 Å². The molecule has 1 fully saturated rings. The van der Waals surface area contributed by atoms with Gasteiger partial charge in [-0.3, -0.25) is 0 Å². The first kappa shape index (κ1) is 12.0. The third-order valence-corrected chi connectivity index (χ3v) is 4.08. The molecule has 1 aliphatic carbocycles. The SMILES string of the molecule is ClC1CCC(NCc2cn3ccccc3n2)CC1. The molecule has 3 rings (SSSR count). The number of rotatable bonds is 3. The average molecular weight is 264 g/mol. The molecule has 0 amide bonds. The largest absolute Gasteiger partial charge is 0.308 e. The Morgan fingerprint density at radius 2 is 2.11 bits per heavy atom. The number of imidazole rings is 1. The summed E-state index contributed by atoms with van der Waals surface area (Å²) in [5.41, 5.74) is 2.12. The number of fused-ring (bicyclic) bond motifs is 1. The number of halogens is 1. The van der Waals surface area contributed by atoms with E-state index in [9.17, 15) is 0 Å². The zero-order chi connectivity index (χ0) is 12.4. The lowest BCUT2D eigenvalue weighted by Gasteiger charge is -2.25. The maximum atomic E-state index is 6.11. The Balaban J connectivity index is 1.59. The van der Waals surface area contributed by atoms with Crippen LogP contribution in [0.5, 0.6) is 0 Å². The molecule has 4 heteroatoms. The molecule has 96 valence electrons. The van der Waals surface area contributed by atoms with Crippen LogP contribution in [-0.2, 0) is 6.54 Å². The molecule has 0 spiro atoms. The minimum Gasteiger partial charge on any atom is -0.308 e. The molecule has 0 bridgehead atoms. The van der Waals surface area contributed by atoms with Crippen LogP contribution in [0, 0.1) is 0 Å². The molecular formula is C14H18ClN3. The summed E-state index contributed by atoms with van der Waals surface area (Å²) < 4.78 is 2.06. The number of nitrogens with zero attached hydrogens (tertiary/aromatic N) is 2. The highest BCUT2D eigenvalue weighted by molar-refractivity contribution is 6.20. The van der Waals surface area contributed by atoms with Crippen molar-refractivity contribution in [1.82, 2.24) is 14.7 Å². The second-order valence-corrected chi connectivity index (χ2v) is 5.65. The van der Waals surface area contributed by atoms with E-state index in [2.05, 4.69) is 20.9 Å². The highest BCUT2D eigenvalue weighted by Crippen LogP contribution is 2.22. The third kappa shape index (κ3) is 2.68. The van der Waals surface area contributed by atoms with Crippen LogP contribution in [0.3, 0.4) is 0 Å². The molecule has 2 heterocycles. The van der Waals surface area contributed by atoms with E-state index in [1.165, 1.54) is 12.8 Å². The maximum Gasteiger partial charge on any atom is 0.137 e. The van der Waals surface area contributed by atoms with Crippen molar-refractivity contribution in [2.75, 3.05) is 0 Å². The Labute approximate surface area is 112 Å². The van der Waals surface area contributed by atoms with Crippen LogP contribution in [0.1, 0.15) is 31.4 Å².